The standard InChI is InChI=1S/C15H24N2O2/c16-9-13(10-4-2-1-3-5-10)17-14(18)11-6-7-12(8-11)15(17)19/h10-13H,1-9,16H2. The van der Waals surface area contributed by atoms with Crippen molar-refractivity contribution in [3.8, 4) is 0 Å². The first-order valence-corrected chi connectivity index (χ1v) is 7.79. The van der Waals surface area contributed by atoms with E-state index in [1.54, 1.807) is 4.90 Å². The first-order valence-electron chi connectivity index (χ1n) is 7.79. The van der Waals surface area contributed by atoms with E-state index in [1.165, 1.54) is 19.3 Å². The molecule has 19 heavy (non-hydrogen) atoms. The van der Waals surface area contributed by atoms with Crippen LogP contribution < -0.4 is 5.73 Å². The van der Waals surface area contributed by atoms with Crippen LogP contribution in [0.4, 0.5) is 0 Å². The normalized spacial score (nSPS) is 33.8. The molecule has 3 aliphatic rings. The Morgan fingerprint density at radius 2 is 1.58 bits per heavy atom. The smallest absolute Gasteiger partial charge is 0.232 e. The Balaban J connectivity index is 1.81. The summed E-state index contributed by atoms with van der Waals surface area (Å²) < 4.78 is 0. The summed E-state index contributed by atoms with van der Waals surface area (Å²) in [6, 6.07) is -0.0382. The monoisotopic (exact) mass is 264 g/mol. The van der Waals surface area contributed by atoms with Crippen LogP contribution in [0.25, 0.3) is 0 Å². The maximum Gasteiger partial charge on any atom is 0.232 e. The fourth-order valence-corrected chi connectivity index (χ4v) is 4.29. The van der Waals surface area contributed by atoms with Gasteiger partial charge in [-0.1, -0.05) is 19.3 Å². The maximum atomic E-state index is 12.5. The van der Waals surface area contributed by atoms with Crippen LogP contribution in [0, 0.1) is 17.8 Å². The minimum absolute atomic E-state index is 0.0382. The fourth-order valence-electron chi connectivity index (χ4n) is 4.29. The molecule has 4 heteroatoms. The number of nitrogens with two attached hydrogens (primary N) is 1. The SMILES string of the molecule is NCC(C1CCCCC1)N1C(=O)C2CCC(C2)C1=O. The fraction of sp³-hybridized carbons (Fsp3) is 0.867. The number of likely N-dealkylation sites (tertiary alicyclic amines) is 1. The van der Waals surface area contributed by atoms with Gasteiger partial charge in [0.25, 0.3) is 0 Å². The van der Waals surface area contributed by atoms with Crippen molar-refractivity contribution in [1.29, 1.82) is 0 Å². The Labute approximate surface area is 114 Å². The molecule has 3 fully saturated rings. The lowest BCUT2D eigenvalue weighted by atomic mass is 9.81. The zero-order chi connectivity index (χ0) is 13.4. The largest absolute Gasteiger partial charge is 0.328 e. The Morgan fingerprint density at radius 1 is 1.00 bits per heavy atom. The third-order valence-corrected chi connectivity index (χ3v) is 5.37. The molecule has 0 aromatic heterocycles. The van der Waals surface area contributed by atoms with Gasteiger partial charge in [-0.3, -0.25) is 14.5 Å². The maximum absolute atomic E-state index is 12.5. The predicted octanol–water partition coefficient (Wildman–Crippen LogP) is 1.68. The van der Waals surface area contributed by atoms with Crippen molar-refractivity contribution in [3.63, 3.8) is 0 Å². The molecule has 0 radical (unpaired) electrons. The molecular formula is C15H24N2O2. The van der Waals surface area contributed by atoms with Crippen LogP contribution in [0.3, 0.4) is 0 Å². The highest BCUT2D eigenvalue weighted by Crippen LogP contribution is 2.40. The number of carbonyl (C=O) groups is 2. The summed E-state index contributed by atoms with van der Waals surface area (Å²) in [5, 5.41) is 0. The van der Waals surface area contributed by atoms with E-state index in [1.807, 2.05) is 0 Å². The molecule has 2 aliphatic carbocycles. The summed E-state index contributed by atoms with van der Waals surface area (Å²) in [6.45, 7) is 0.432. The molecule has 3 unspecified atom stereocenters. The number of hydrogen-bond donors (Lipinski definition) is 1. The van der Waals surface area contributed by atoms with Gasteiger partial charge in [0, 0.05) is 18.4 Å². The van der Waals surface area contributed by atoms with E-state index in [2.05, 4.69) is 0 Å². The summed E-state index contributed by atoms with van der Waals surface area (Å²) in [5.41, 5.74) is 5.92. The molecule has 1 saturated heterocycles. The molecule has 0 aromatic carbocycles. The van der Waals surface area contributed by atoms with E-state index < -0.39 is 0 Å². The second-order valence-electron chi connectivity index (χ2n) is 6.45. The molecule has 0 spiro atoms. The van der Waals surface area contributed by atoms with Gasteiger partial charge in [0.2, 0.25) is 11.8 Å². The van der Waals surface area contributed by atoms with Gasteiger partial charge in [-0.25, -0.2) is 0 Å². The van der Waals surface area contributed by atoms with E-state index in [0.29, 0.717) is 12.5 Å². The van der Waals surface area contributed by atoms with Crippen molar-refractivity contribution in [2.24, 2.45) is 23.5 Å². The number of piperidine rings is 1. The summed E-state index contributed by atoms with van der Waals surface area (Å²) >= 11 is 0. The molecule has 0 aromatic rings. The van der Waals surface area contributed by atoms with Crippen molar-refractivity contribution in [2.45, 2.75) is 57.4 Å². The van der Waals surface area contributed by atoms with Crippen molar-refractivity contribution in [2.75, 3.05) is 6.54 Å². The minimum Gasteiger partial charge on any atom is -0.328 e. The molecule has 106 valence electrons. The minimum atomic E-state index is -0.0382. The summed E-state index contributed by atoms with van der Waals surface area (Å²) in [6.07, 6.45) is 8.52. The van der Waals surface area contributed by atoms with E-state index >= 15 is 0 Å². The molecule has 1 aliphatic heterocycles. The number of imide groups is 1. The van der Waals surface area contributed by atoms with Gasteiger partial charge < -0.3 is 5.73 Å². The molecule has 2 saturated carbocycles. The van der Waals surface area contributed by atoms with Gasteiger partial charge in [-0.15, -0.1) is 0 Å². The second-order valence-corrected chi connectivity index (χ2v) is 6.45. The average molecular weight is 264 g/mol. The van der Waals surface area contributed by atoms with Crippen LogP contribution in [0.1, 0.15) is 51.4 Å². The molecule has 3 rings (SSSR count). The van der Waals surface area contributed by atoms with Crippen LogP contribution in [-0.2, 0) is 9.59 Å². The lowest BCUT2D eigenvalue weighted by Gasteiger charge is -2.40. The van der Waals surface area contributed by atoms with Crippen LogP contribution in [-0.4, -0.2) is 29.3 Å². The Kier molecular flexibility index (Phi) is 3.61. The molecule has 2 amide bonds. The lowest BCUT2D eigenvalue weighted by Crippen LogP contribution is -2.56. The van der Waals surface area contributed by atoms with Crippen molar-refractivity contribution >= 4 is 11.8 Å². The van der Waals surface area contributed by atoms with Crippen LogP contribution in [0.5, 0.6) is 0 Å². The molecule has 2 bridgehead atoms. The van der Waals surface area contributed by atoms with Crippen LogP contribution in [0.2, 0.25) is 0 Å². The Bertz CT molecular complexity index is 354. The Morgan fingerprint density at radius 3 is 2.11 bits per heavy atom. The molecular weight excluding hydrogens is 240 g/mol. The number of fused-ring (bicyclic) bond motifs is 2. The summed E-state index contributed by atoms with van der Waals surface area (Å²) in [4.78, 5) is 26.6. The highest BCUT2D eigenvalue weighted by Gasteiger charge is 2.48. The predicted molar refractivity (Wildman–Crippen MR) is 72.1 cm³/mol. The summed E-state index contributed by atoms with van der Waals surface area (Å²) in [5.74, 6) is 0.768. The van der Waals surface area contributed by atoms with Crippen molar-refractivity contribution in [1.82, 2.24) is 4.90 Å². The molecule has 1 heterocycles. The molecule has 2 N–H and O–H groups in total. The zero-order valence-corrected chi connectivity index (χ0v) is 11.5. The molecule has 3 atom stereocenters. The highest BCUT2D eigenvalue weighted by atomic mass is 16.2. The quantitative estimate of drug-likeness (QED) is 0.789. The van der Waals surface area contributed by atoms with Gasteiger partial charge in [-0.2, -0.15) is 0 Å². The van der Waals surface area contributed by atoms with Crippen molar-refractivity contribution < 1.29 is 9.59 Å². The number of amides is 2. The first-order chi connectivity index (χ1) is 9.22. The first kappa shape index (κ1) is 13.1. The van der Waals surface area contributed by atoms with E-state index in [4.69, 9.17) is 5.73 Å². The number of carbonyl (C=O) groups excluding carboxylic acids is 2. The Hall–Kier alpha value is -0.900. The highest BCUT2D eigenvalue weighted by molar-refractivity contribution is 6.01. The second kappa shape index (κ2) is 5.23. The van der Waals surface area contributed by atoms with Crippen LogP contribution >= 0.6 is 0 Å². The number of rotatable bonds is 3. The van der Waals surface area contributed by atoms with Gasteiger partial charge in [0.1, 0.15) is 0 Å². The van der Waals surface area contributed by atoms with E-state index in [-0.39, 0.29) is 29.7 Å². The van der Waals surface area contributed by atoms with Crippen LogP contribution in [0.15, 0.2) is 0 Å². The average Bonchev–Trinajstić information content (AvgIpc) is 2.89. The third kappa shape index (κ3) is 2.20. The topological polar surface area (TPSA) is 63.4 Å². The van der Waals surface area contributed by atoms with Gasteiger partial charge in [-0.05, 0) is 38.0 Å². The van der Waals surface area contributed by atoms with Gasteiger partial charge in [0.05, 0.1) is 6.04 Å². The van der Waals surface area contributed by atoms with E-state index in [0.717, 1.165) is 32.1 Å². The lowest BCUT2D eigenvalue weighted by molar-refractivity contribution is -0.157. The molecule has 4 nitrogen and oxygen atoms in total. The zero-order valence-electron chi connectivity index (χ0n) is 11.5. The number of hydrogen-bond acceptors (Lipinski definition) is 3. The van der Waals surface area contributed by atoms with Gasteiger partial charge in [0.15, 0.2) is 0 Å². The third-order valence-electron chi connectivity index (χ3n) is 5.37. The van der Waals surface area contributed by atoms with Gasteiger partial charge >= 0.3 is 0 Å². The number of nitrogens with zero attached hydrogens (tertiary/aromatic N) is 1. The summed E-state index contributed by atoms with van der Waals surface area (Å²) in [7, 11) is 0. The van der Waals surface area contributed by atoms with E-state index in [9.17, 15) is 9.59 Å². The van der Waals surface area contributed by atoms with Crippen molar-refractivity contribution in [3.05, 3.63) is 0 Å².